The molecular weight excluding hydrogens is 413 g/mol. The number of rotatable bonds is 6. The normalized spacial score (nSPS) is 15.3. The molecule has 5 nitrogen and oxygen atoms in total. The fourth-order valence-electron chi connectivity index (χ4n) is 3.91. The number of nitrogens with one attached hydrogen (secondary N) is 3. The Bertz CT molecular complexity index is 1180. The fourth-order valence-corrected chi connectivity index (χ4v) is 3.91. The van der Waals surface area contributed by atoms with Crippen LogP contribution in [-0.4, -0.2) is 29.1 Å². The number of hydrogen-bond donors (Lipinski definition) is 3. The van der Waals surface area contributed by atoms with Crippen LogP contribution in [0.4, 0.5) is 16.2 Å². The van der Waals surface area contributed by atoms with E-state index in [1.54, 1.807) is 19.1 Å². The molecule has 1 aliphatic heterocycles. The third-order valence-corrected chi connectivity index (χ3v) is 6.50. The van der Waals surface area contributed by atoms with Crippen molar-refractivity contribution in [3.05, 3.63) is 65.0 Å². The van der Waals surface area contributed by atoms with Gasteiger partial charge in [-0.15, -0.1) is 0 Å². The number of hydrogen-bond acceptors (Lipinski definition) is 5. The van der Waals surface area contributed by atoms with Crippen LogP contribution in [0.5, 0.6) is 0 Å². The maximum absolute atomic E-state index is 14.5. The van der Waals surface area contributed by atoms with Gasteiger partial charge in [-0.2, -0.15) is 4.98 Å². The highest BCUT2D eigenvalue weighted by atomic mass is 19.1. The Labute approximate surface area is 195 Å². The van der Waals surface area contributed by atoms with Crippen LogP contribution in [0.15, 0.2) is 42.5 Å². The molecule has 1 aromatic heterocycles. The lowest BCUT2D eigenvalue weighted by Gasteiger charge is -2.29. The van der Waals surface area contributed by atoms with Crippen molar-refractivity contribution in [1.29, 1.82) is 0 Å². The number of benzene rings is 2. The summed E-state index contributed by atoms with van der Waals surface area (Å²) in [7, 11) is 0. The van der Waals surface area contributed by atoms with E-state index in [1.165, 1.54) is 5.57 Å². The highest BCUT2D eigenvalue weighted by Crippen LogP contribution is 2.32. The van der Waals surface area contributed by atoms with Crippen molar-refractivity contribution in [2.24, 2.45) is 5.41 Å². The van der Waals surface area contributed by atoms with Crippen LogP contribution in [0.1, 0.15) is 50.8 Å². The standard InChI is InChI=1S/C27H34FN5/c1-17-8-6-9-20(23(17)28)16-30-26-32-24-21(19-12-14-29-15-13-19)10-7-11-22(24)25(33-26)31-18(2)27(3,4)5/h6-12,18,29H,13-16H2,1-5H3,(H2,30,31,32,33)/t18-/m1/s1. The summed E-state index contributed by atoms with van der Waals surface area (Å²) in [4.78, 5) is 9.72. The van der Waals surface area contributed by atoms with Crippen molar-refractivity contribution in [1.82, 2.24) is 15.3 Å². The van der Waals surface area contributed by atoms with Gasteiger partial charge in [-0.1, -0.05) is 57.2 Å². The molecule has 0 amide bonds. The monoisotopic (exact) mass is 447 g/mol. The fraction of sp³-hybridized carbons (Fsp3) is 0.407. The summed E-state index contributed by atoms with van der Waals surface area (Å²) in [6, 6.07) is 11.9. The van der Waals surface area contributed by atoms with Crippen LogP contribution < -0.4 is 16.0 Å². The molecule has 2 aromatic carbocycles. The van der Waals surface area contributed by atoms with Crippen LogP contribution in [-0.2, 0) is 6.54 Å². The topological polar surface area (TPSA) is 61.9 Å². The first-order valence-electron chi connectivity index (χ1n) is 11.7. The molecule has 3 N–H and O–H groups in total. The van der Waals surface area contributed by atoms with Gasteiger partial charge < -0.3 is 16.0 Å². The van der Waals surface area contributed by atoms with Gasteiger partial charge in [-0.25, -0.2) is 9.37 Å². The number of aryl methyl sites for hydroxylation is 1. The third kappa shape index (κ3) is 5.17. The Kier molecular flexibility index (Phi) is 6.66. The Morgan fingerprint density at radius 1 is 1.12 bits per heavy atom. The Morgan fingerprint density at radius 3 is 2.64 bits per heavy atom. The molecule has 0 saturated carbocycles. The van der Waals surface area contributed by atoms with E-state index in [4.69, 9.17) is 9.97 Å². The Balaban J connectivity index is 1.77. The second-order valence-electron chi connectivity index (χ2n) is 9.91. The average molecular weight is 448 g/mol. The van der Waals surface area contributed by atoms with Gasteiger partial charge in [0.2, 0.25) is 5.95 Å². The van der Waals surface area contributed by atoms with Crippen molar-refractivity contribution >= 4 is 28.2 Å². The molecular formula is C27H34FN5. The predicted octanol–water partition coefficient (Wildman–Crippen LogP) is 5.91. The zero-order valence-corrected chi connectivity index (χ0v) is 20.2. The zero-order chi connectivity index (χ0) is 23.6. The largest absolute Gasteiger partial charge is 0.366 e. The van der Waals surface area contributed by atoms with Crippen LogP contribution >= 0.6 is 0 Å². The van der Waals surface area contributed by atoms with Gasteiger partial charge in [0.1, 0.15) is 11.6 Å². The second kappa shape index (κ2) is 9.48. The molecule has 0 radical (unpaired) electrons. The number of fused-ring (bicyclic) bond motifs is 1. The Hall–Kier alpha value is -2.99. The summed E-state index contributed by atoms with van der Waals surface area (Å²) in [5, 5.41) is 11.3. The second-order valence-corrected chi connectivity index (χ2v) is 9.91. The number of aromatic nitrogens is 2. The molecule has 4 rings (SSSR count). The van der Waals surface area contributed by atoms with Crippen LogP contribution in [0.3, 0.4) is 0 Å². The molecule has 1 aliphatic rings. The third-order valence-electron chi connectivity index (χ3n) is 6.50. The maximum atomic E-state index is 14.5. The van der Waals surface area contributed by atoms with E-state index in [2.05, 4.69) is 67.9 Å². The average Bonchev–Trinajstić information content (AvgIpc) is 2.79. The molecule has 6 heteroatoms. The first-order valence-corrected chi connectivity index (χ1v) is 11.7. The van der Waals surface area contributed by atoms with E-state index in [0.29, 0.717) is 23.6 Å². The van der Waals surface area contributed by atoms with Gasteiger partial charge in [0, 0.05) is 35.6 Å². The maximum Gasteiger partial charge on any atom is 0.225 e. The summed E-state index contributed by atoms with van der Waals surface area (Å²) < 4.78 is 14.5. The lowest BCUT2D eigenvalue weighted by Crippen LogP contribution is -2.31. The summed E-state index contributed by atoms with van der Waals surface area (Å²) in [6.45, 7) is 12.7. The molecule has 0 bridgehead atoms. The summed E-state index contributed by atoms with van der Waals surface area (Å²) in [5.74, 6) is 1.10. The zero-order valence-electron chi connectivity index (χ0n) is 20.2. The number of para-hydroxylation sites is 1. The summed E-state index contributed by atoms with van der Waals surface area (Å²) >= 11 is 0. The SMILES string of the molecule is Cc1cccc(CNc2nc(N[C@H](C)C(C)(C)C)c3cccc(C4=CCNCC4)c3n2)c1F. The lowest BCUT2D eigenvalue weighted by atomic mass is 9.88. The molecule has 0 saturated heterocycles. The van der Waals surface area contributed by atoms with Crippen LogP contribution in [0.25, 0.3) is 16.5 Å². The van der Waals surface area contributed by atoms with Crippen LogP contribution in [0.2, 0.25) is 0 Å². The molecule has 0 spiro atoms. The van der Waals surface area contributed by atoms with Crippen molar-refractivity contribution in [3.63, 3.8) is 0 Å². The van der Waals surface area contributed by atoms with Gasteiger partial charge in [0.15, 0.2) is 0 Å². The van der Waals surface area contributed by atoms with Gasteiger partial charge >= 0.3 is 0 Å². The van der Waals surface area contributed by atoms with Crippen molar-refractivity contribution < 1.29 is 4.39 Å². The van der Waals surface area contributed by atoms with E-state index < -0.39 is 0 Å². The molecule has 0 aliphatic carbocycles. The molecule has 3 aromatic rings. The van der Waals surface area contributed by atoms with E-state index in [9.17, 15) is 4.39 Å². The highest BCUT2D eigenvalue weighted by molar-refractivity contribution is 5.97. The number of anilines is 2. The number of nitrogens with zero attached hydrogens (tertiary/aromatic N) is 2. The lowest BCUT2D eigenvalue weighted by molar-refractivity contribution is 0.359. The van der Waals surface area contributed by atoms with Gasteiger partial charge in [-0.3, -0.25) is 0 Å². The highest BCUT2D eigenvalue weighted by Gasteiger charge is 2.22. The van der Waals surface area contributed by atoms with Gasteiger partial charge in [0.05, 0.1) is 5.52 Å². The number of halogens is 1. The van der Waals surface area contributed by atoms with Crippen molar-refractivity contribution in [3.8, 4) is 0 Å². The van der Waals surface area contributed by atoms with Crippen LogP contribution in [0, 0.1) is 18.2 Å². The summed E-state index contributed by atoms with van der Waals surface area (Å²) in [6.07, 6.45) is 3.20. The molecule has 174 valence electrons. The Morgan fingerprint density at radius 2 is 1.91 bits per heavy atom. The van der Waals surface area contributed by atoms with Gasteiger partial charge in [-0.05, 0) is 49.4 Å². The first-order chi connectivity index (χ1) is 15.7. The van der Waals surface area contributed by atoms with E-state index >= 15 is 0 Å². The summed E-state index contributed by atoms with van der Waals surface area (Å²) in [5.41, 5.74) is 4.64. The van der Waals surface area contributed by atoms with Crippen molar-refractivity contribution in [2.75, 3.05) is 23.7 Å². The molecule has 1 atom stereocenters. The van der Waals surface area contributed by atoms with Crippen molar-refractivity contribution in [2.45, 2.75) is 53.6 Å². The minimum atomic E-state index is -0.189. The first kappa shape index (κ1) is 23.2. The molecule has 0 unspecified atom stereocenters. The quantitative estimate of drug-likeness (QED) is 0.438. The molecule has 0 fully saturated rings. The molecule has 2 heterocycles. The van der Waals surface area contributed by atoms with E-state index in [-0.39, 0.29) is 17.3 Å². The molecule has 33 heavy (non-hydrogen) atoms. The predicted molar refractivity (Wildman–Crippen MR) is 136 cm³/mol. The van der Waals surface area contributed by atoms with E-state index in [0.717, 1.165) is 41.8 Å². The minimum Gasteiger partial charge on any atom is -0.366 e. The smallest absolute Gasteiger partial charge is 0.225 e. The van der Waals surface area contributed by atoms with Gasteiger partial charge in [0.25, 0.3) is 0 Å². The van der Waals surface area contributed by atoms with E-state index in [1.807, 2.05) is 6.07 Å². The minimum absolute atomic E-state index is 0.0603.